The lowest BCUT2D eigenvalue weighted by atomic mass is 10.1. The van der Waals surface area contributed by atoms with Crippen molar-refractivity contribution in [3.8, 4) is 11.4 Å². The van der Waals surface area contributed by atoms with Gasteiger partial charge >= 0.3 is 0 Å². The maximum absolute atomic E-state index is 12.1. The number of hydrazone groups is 1. The average Bonchev–Trinajstić information content (AvgIpc) is 3.16. The third kappa shape index (κ3) is 3.87. The van der Waals surface area contributed by atoms with Gasteiger partial charge in [0.05, 0.1) is 17.6 Å². The maximum Gasteiger partial charge on any atom is 0.275 e. The van der Waals surface area contributed by atoms with E-state index < -0.39 is 5.91 Å². The van der Waals surface area contributed by atoms with Crippen molar-refractivity contribution in [3.05, 3.63) is 77.3 Å². The lowest BCUT2D eigenvalue weighted by molar-refractivity contribution is 0.0952. The molecule has 0 aliphatic heterocycles. The summed E-state index contributed by atoms with van der Waals surface area (Å²) in [5, 5.41) is 14.2. The predicted molar refractivity (Wildman–Crippen MR) is 96.4 cm³/mol. The van der Waals surface area contributed by atoms with Crippen molar-refractivity contribution in [2.75, 3.05) is 0 Å². The highest BCUT2D eigenvalue weighted by Crippen LogP contribution is 2.21. The van der Waals surface area contributed by atoms with Crippen LogP contribution in [0.25, 0.3) is 5.69 Å². The lowest BCUT2D eigenvalue weighted by Gasteiger charge is -2.06. The Balaban J connectivity index is 1.73. The number of carbonyl (C=O) groups is 1. The number of rotatable bonds is 4. The number of phenolic OH excluding ortho intramolecular Hbond substituents is 1. The molecule has 6 nitrogen and oxygen atoms in total. The maximum atomic E-state index is 12.1. The highest BCUT2D eigenvalue weighted by atomic mass is 35.5. The van der Waals surface area contributed by atoms with Crippen LogP contribution in [-0.4, -0.2) is 26.3 Å². The van der Waals surface area contributed by atoms with E-state index in [1.807, 2.05) is 35.0 Å². The SMILES string of the molecule is C/C(=N\NC(=O)c1cc(Cl)ccc1O)c1ccc(-n2ccnc2)cc1. The molecule has 0 aliphatic rings. The van der Waals surface area contributed by atoms with Crippen molar-refractivity contribution in [1.82, 2.24) is 15.0 Å². The van der Waals surface area contributed by atoms with Gasteiger partial charge in [0, 0.05) is 23.1 Å². The van der Waals surface area contributed by atoms with Gasteiger partial charge in [0.25, 0.3) is 5.91 Å². The number of halogens is 1. The van der Waals surface area contributed by atoms with Crippen molar-refractivity contribution < 1.29 is 9.90 Å². The van der Waals surface area contributed by atoms with Crippen LogP contribution in [0.2, 0.25) is 5.02 Å². The summed E-state index contributed by atoms with van der Waals surface area (Å²) in [6.07, 6.45) is 5.28. The Hall–Kier alpha value is -3.12. The summed E-state index contributed by atoms with van der Waals surface area (Å²) in [4.78, 5) is 16.1. The number of amides is 1. The molecule has 0 radical (unpaired) electrons. The number of carbonyl (C=O) groups excluding carboxylic acids is 1. The minimum Gasteiger partial charge on any atom is -0.507 e. The van der Waals surface area contributed by atoms with E-state index >= 15 is 0 Å². The highest BCUT2D eigenvalue weighted by Gasteiger charge is 2.11. The van der Waals surface area contributed by atoms with E-state index in [0.29, 0.717) is 10.7 Å². The van der Waals surface area contributed by atoms with Crippen LogP contribution in [0.4, 0.5) is 0 Å². The summed E-state index contributed by atoms with van der Waals surface area (Å²) >= 11 is 5.84. The Morgan fingerprint density at radius 3 is 2.68 bits per heavy atom. The molecule has 0 aliphatic carbocycles. The van der Waals surface area contributed by atoms with E-state index in [2.05, 4.69) is 15.5 Å². The molecule has 0 saturated heterocycles. The molecule has 25 heavy (non-hydrogen) atoms. The summed E-state index contributed by atoms with van der Waals surface area (Å²) in [7, 11) is 0. The molecule has 0 fully saturated rings. The Morgan fingerprint density at radius 1 is 1.24 bits per heavy atom. The van der Waals surface area contributed by atoms with Crippen molar-refractivity contribution in [3.63, 3.8) is 0 Å². The van der Waals surface area contributed by atoms with Crippen molar-refractivity contribution in [1.29, 1.82) is 0 Å². The zero-order valence-corrected chi connectivity index (χ0v) is 14.1. The monoisotopic (exact) mass is 354 g/mol. The lowest BCUT2D eigenvalue weighted by Crippen LogP contribution is -2.19. The van der Waals surface area contributed by atoms with Gasteiger partial charge < -0.3 is 9.67 Å². The van der Waals surface area contributed by atoms with E-state index in [9.17, 15) is 9.90 Å². The fourth-order valence-corrected chi connectivity index (χ4v) is 2.41. The van der Waals surface area contributed by atoms with E-state index in [1.54, 1.807) is 19.4 Å². The molecule has 7 heteroatoms. The number of nitrogens with zero attached hydrogens (tertiary/aromatic N) is 3. The minimum atomic E-state index is -0.533. The summed E-state index contributed by atoms with van der Waals surface area (Å²) < 4.78 is 1.89. The van der Waals surface area contributed by atoms with Crippen LogP contribution in [0.1, 0.15) is 22.8 Å². The van der Waals surface area contributed by atoms with Crippen LogP contribution >= 0.6 is 11.6 Å². The van der Waals surface area contributed by atoms with Gasteiger partial charge in [-0.05, 0) is 42.8 Å². The molecule has 1 amide bonds. The van der Waals surface area contributed by atoms with Crippen molar-refractivity contribution in [2.24, 2.45) is 5.10 Å². The normalized spacial score (nSPS) is 11.4. The van der Waals surface area contributed by atoms with E-state index in [-0.39, 0.29) is 11.3 Å². The molecule has 0 bridgehead atoms. The number of nitrogens with one attached hydrogen (secondary N) is 1. The quantitative estimate of drug-likeness (QED) is 0.556. The third-order valence-electron chi connectivity index (χ3n) is 3.62. The Labute approximate surface area is 149 Å². The fraction of sp³-hybridized carbons (Fsp3) is 0.0556. The van der Waals surface area contributed by atoms with Gasteiger partial charge in [-0.25, -0.2) is 10.4 Å². The van der Waals surface area contributed by atoms with Crippen LogP contribution in [0.15, 0.2) is 66.3 Å². The van der Waals surface area contributed by atoms with Crippen molar-refractivity contribution >= 4 is 23.2 Å². The van der Waals surface area contributed by atoms with Crippen molar-refractivity contribution in [2.45, 2.75) is 6.92 Å². The van der Waals surface area contributed by atoms with E-state index in [0.717, 1.165) is 11.3 Å². The largest absolute Gasteiger partial charge is 0.507 e. The third-order valence-corrected chi connectivity index (χ3v) is 3.85. The molecule has 2 aromatic carbocycles. The van der Waals surface area contributed by atoms with Crippen LogP contribution < -0.4 is 5.43 Å². The molecule has 3 rings (SSSR count). The summed E-state index contributed by atoms with van der Waals surface area (Å²) in [6.45, 7) is 1.78. The fourth-order valence-electron chi connectivity index (χ4n) is 2.24. The Kier molecular flexibility index (Phi) is 4.81. The van der Waals surface area contributed by atoms with Gasteiger partial charge in [0.2, 0.25) is 0 Å². The number of phenols is 1. The van der Waals surface area contributed by atoms with Crippen LogP contribution in [-0.2, 0) is 0 Å². The first-order chi connectivity index (χ1) is 12.0. The first-order valence-corrected chi connectivity index (χ1v) is 7.84. The first kappa shape index (κ1) is 16.7. The number of hydrogen-bond acceptors (Lipinski definition) is 4. The standard InChI is InChI=1S/C18H15ClN4O2/c1-12(13-2-5-15(6-3-13)23-9-8-20-11-23)21-22-18(25)16-10-14(19)4-7-17(16)24/h2-11,24H,1H3,(H,22,25)/b21-12+. The van der Waals surface area contributed by atoms with Crippen LogP contribution in [0.3, 0.4) is 0 Å². The Morgan fingerprint density at radius 2 is 2.00 bits per heavy atom. The number of benzene rings is 2. The minimum absolute atomic E-state index is 0.0690. The first-order valence-electron chi connectivity index (χ1n) is 7.46. The molecule has 0 spiro atoms. The predicted octanol–water partition coefficient (Wildman–Crippen LogP) is 3.39. The second-order valence-electron chi connectivity index (χ2n) is 5.32. The number of hydrogen-bond donors (Lipinski definition) is 2. The zero-order valence-electron chi connectivity index (χ0n) is 13.3. The summed E-state index contributed by atoms with van der Waals surface area (Å²) in [6, 6.07) is 11.9. The molecule has 1 heterocycles. The summed E-state index contributed by atoms with van der Waals surface area (Å²) in [5.41, 5.74) is 4.96. The molecule has 0 atom stereocenters. The zero-order chi connectivity index (χ0) is 17.8. The molecule has 0 saturated carbocycles. The van der Waals surface area contributed by atoms with Gasteiger partial charge in [-0.1, -0.05) is 23.7 Å². The van der Waals surface area contributed by atoms with E-state index in [4.69, 9.17) is 11.6 Å². The average molecular weight is 355 g/mol. The molecular weight excluding hydrogens is 340 g/mol. The number of aromatic hydroxyl groups is 1. The van der Waals surface area contributed by atoms with Gasteiger partial charge in [-0.15, -0.1) is 0 Å². The second-order valence-corrected chi connectivity index (χ2v) is 5.75. The van der Waals surface area contributed by atoms with Gasteiger partial charge in [-0.2, -0.15) is 5.10 Å². The van der Waals surface area contributed by atoms with E-state index in [1.165, 1.54) is 18.2 Å². The topological polar surface area (TPSA) is 79.5 Å². The molecule has 3 aromatic rings. The van der Waals surface area contributed by atoms with Crippen LogP contribution in [0, 0.1) is 0 Å². The molecule has 126 valence electrons. The Bertz CT molecular complexity index is 919. The van der Waals surface area contributed by atoms with Gasteiger partial charge in [0.1, 0.15) is 5.75 Å². The molecule has 2 N–H and O–H groups in total. The smallest absolute Gasteiger partial charge is 0.275 e. The van der Waals surface area contributed by atoms with Gasteiger partial charge in [-0.3, -0.25) is 4.79 Å². The summed E-state index contributed by atoms with van der Waals surface area (Å²) in [5.74, 6) is -0.686. The van der Waals surface area contributed by atoms with Crippen LogP contribution in [0.5, 0.6) is 5.75 Å². The number of aromatic nitrogens is 2. The number of imidazole rings is 1. The molecule has 0 unspecified atom stereocenters. The molecule has 1 aromatic heterocycles. The molecular formula is C18H15ClN4O2. The van der Waals surface area contributed by atoms with Gasteiger partial charge in [0.15, 0.2) is 0 Å². The highest BCUT2D eigenvalue weighted by molar-refractivity contribution is 6.31. The second kappa shape index (κ2) is 7.19.